The summed E-state index contributed by atoms with van der Waals surface area (Å²) in [7, 11) is 0. The van der Waals surface area contributed by atoms with Crippen LogP contribution in [0.15, 0.2) is 54.7 Å². The first kappa shape index (κ1) is 29.1. The molecule has 0 saturated carbocycles. The average molecular weight is 556 g/mol. The number of anilines is 1. The van der Waals surface area contributed by atoms with Crippen molar-refractivity contribution in [2.75, 3.05) is 18.0 Å². The normalized spacial score (nSPS) is 14.3. The van der Waals surface area contributed by atoms with Crippen molar-refractivity contribution in [2.24, 2.45) is 0 Å². The number of piperidine rings is 1. The quantitative estimate of drug-likeness (QED) is 0.324. The molecule has 2 aromatic carbocycles. The number of aromatic nitrogens is 1. The van der Waals surface area contributed by atoms with Crippen LogP contribution in [0.3, 0.4) is 0 Å². The number of carboxylic acid groups (broad SMARTS) is 1. The fourth-order valence-electron chi connectivity index (χ4n) is 4.77. The molecule has 1 aromatic heterocycles. The van der Waals surface area contributed by atoms with Crippen molar-refractivity contribution in [1.82, 2.24) is 9.88 Å². The second kappa shape index (κ2) is 12.1. The molecule has 1 aliphatic rings. The van der Waals surface area contributed by atoms with Crippen molar-refractivity contribution < 1.29 is 32.6 Å². The van der Waals surface area contributed by atoms with Crippen molar-refractivity contribution in [2.45, 2.75) is 58.8 Å². The van der Waals surface area contributed by atoms with Crippen molar-refractivity contribution in [3.05, 3.63) is 82.5 Å². The number of ether oxygens (including phenoxy) is 1. The molecule has 2 heterocycles. The van der Waals surface area contributed by atoms with Crippen LogP contribution in [-0.4, -0.2) is 46.0 Å². The molecule has 10 heteroatoms. The molecule has 0 spiro atoms. The third-order valence-electron chi connectivity index (χ3n) is 6.77. The Kier molecular flexibility index (Phi) is 8.78. The van der Waals surface area contributed by atoms with Gasteiger partial charge in [-0.05, 0) is 88.7 Å². The minimum atomic E-state index is -4.73. The molecule has 0 atom stereocenters. The van der Waals surface area contributed by atoms with E-state index in [0.717, 1.165) is 50.0 Å². The Morgan fingerprint density at radius 2 is 1.73 bits per heavy atom. The Balaban J connectivity index is 1.66. The molecule has 3 aromatic rings. The highest BCUT2D eigenvalue weighted by Gasteiger charge is 2.36. The Bertz CT molecular complexity index is 1370. The van der Waals surface area contributed by atoms with Crippen LogP contribution in [0.5, 0.6) is 11.6 Å². The second-order valence-corrected chi connectivity index (χ2v) is 10.3. The molecule has 1 N–H and O–H groups in total. The van der Waals surface area contributed by atoms with Crippen LogP contribution in [-0.2, 0) is 12.7 Å². The standard InChI is InChI=1S/C30H32F3N3O4/c1-19(2)36(28(37)22-9-7-20(3)8-10-22)26-12-11-23(16-24(26)29(38)39)40-27-25(30(31,32)33)15-21(17-34-27)18-35-13-5-4-6-14-35/h7-12,15-17,19H,4-6,13-14,18H2,1-3H3,(H,38,39). The van der Waals surface area contributed by atoms with E-state index < -0.39 is 35.5 Å². The van der Waals surface area contributed by atoms with Crippen LogP contribution in [0, 0.1) is 6.92 Å². The first-order valence-corrected chi connectivity index (χ1v) is 13.2. The highest BCUT2D eigenvalue weighted by molar-refractivity contribution is 6.09. The van der Waals surface area contributed by atoms with Crippen LogP contribution in [0.25, 0.3) is 0 Å². The van der Waals surface area contributed by atoms with Gasteiger partial charge in [-0.1, -0.05) is 24.1 Å². The summed E-state index contributed by atoms with van der Waals surface area (Å²) in [6.07, 6.45) is -0.250. The number of benzene rings is 2. The van der Waals surface area contributed by atoms with Gasteiger partial charge in [0, 0.05) is 24.3 Å². The van der Waals surface area contributed by atoms with Gasteiger partial charge in [0.25, 0.3) is 5.91 Å². The zero-order chi connectivity index (χ0) is 29.0. The Labute approximate surface area is 231 Å². The fraction of sp³-hybridized carbons (Fsp3) is 0.367. The molecule has 212 valence electrons. The van der Waals surface area contributed by atoms with E-state index in [1.54, 1.807) is 38.1 Å². The molecule has 1 aliphatic heterocycles. The number of aryl methyl sites for hydroxylation is 1. The van der Waals surface area contributed by atoms with Crippen LogP contribution >= 0.6 is 0 Å². The molecule has 4 rings (SSSR count). The first-order valence-electron chi connectivity index (χ1n) is 13.2. The van der Waals surface area contributed by atoms with Gasteiger partial charge in [0.05, 0.1) is 11.3 Å². The largest absolute Gasteiger partial charge is 0.478 e. The molecule has 1 fully saturated rings. The van der Waals surface area contributed by atoms with Gasteiger partial charge in [0.2, 0.25) is 5.88 Å². The van der Waals surface area contributed by atoms with E-state index in [1.807, 2.05) is 6.92 Å². The summed E-state index contributed by atoms with van der Waals surface area (Å²) in [6, 6.07) is 11.3. The number of aromatic carboxylic acids is 1. The summed E-state index contributed by atoms with van der Waals surface area (Å²) in [6.45, 7) is 7.37. The zero-order valence-electron chi connectivity index (χ0n) is 22.7. The summed E-state index contributed by atoms with van der Waals surface area (Å²) >= 11 is 0. The van der Waals surface area contributed by atoms with Gasteiger partial charge < -0.3 is 14.7 Å². The minimum Gasteiger partial charge on any atom is -0.478 e. The maximum absolute atomic E-state index is 14.0. The van der Waals surface area contributed by atoms with Crippen LogP contribution < -0.4 is 9.64 Å². The predicted molar refractivity (Wildman–Crippen MR) is 145 cm³/mol. The maximum Gasteiger partial charge on any atom is 0.421 e. The lowest BCUT2D eigenvalue weighted by molar-refractivity contribution is -0.139. The van der Waals surface area contributed by atoms with Gasteiger partial charge >= 0.3 is 12.1 Å². The lowest BCUT2D eigenvalue weighted by Gasteiger charge is -2.28. The number of nitrogens with zero attached hydrogens (tertiary/aromatic N) is 3. The molecule has 0 unspecified atom stereocenters. The van der Waals surface area contributed by atoms with E-state index in [4.69, 9.17) is 4.74 Å². The highest BCUT2D eigenvalue weighted by atomic mass is 19.4. The third kappa shape index (κ3) is 6.80. The number of rotatable bonds is 8. The molecule has 7 nitrogen and oxygen atoms in total. The molecule has 1 amide bonds. The Morgan fingerprint density at radius 1 is 1.05 bits per heavy atom. The van der Waals surface area contributed by atoms with Gasteiger partial charge in [-0.2, -0.15) is 13.2 Å². The first-order chi connectivity index (χ1) is 18.9. The topological polar surface area (TPSA) is 83.0 Å². The van der Waals surface area contributed by atoms with E-state index in [2.05, 4.69) is 9.88 Å². The van der Waals surface area contributed by atoms with Crippen LogP contribution in [0.4, 0.5) is 18.9 Å². The molecule has 0 aliphatic carbocycles. The fourth-order valence-corrected chi connectivity index (χ4v) is 4.77. The van der Waals surface area contributed by atoms with Crippen molar-refractivity contribution in [1.29, 1.82) is 0 Å². The lowest BCUT2D eigenvalue weighted by atomic mass is 10.1. The summed E-state index contributed by atoms with van der Waals surface area (Å²) in [5.41, 5.74) is 0.529. The number of amides is 1. The number of hydrogen-bond donors (Lipinski definition) is 1. The van der Waals surface area contributed by atoms with Gasteiger partial charge in [-0.3, -0.25) is 9.69 Å². The summed E-state index contributed by atoms with van der Waals surface area (Å²) in [5.74, 6) is -2.58. The summed E-state index contributed by atoms with van der Waals surface area (Å²) in [5, 5.41) is 9.96. The molecular formula is C30H32F3N3O4. The van der Waals surface area contributed by atoms with E-state index in [9.17, 15) is 27.9 Å². The third-order valence-corrected chi connectivity index (χ3v) is 6.77. The Hall–Kier alpha value is -3.92. The highest BCUT2D eigenvalue weighted by Crippen LogP contribution is 2.38. The summed E-state index contributed by atoms with van der Waals surface area (Å²) < 4.78 is 47.5. The lowest BCUT2D eigenvalue weighted by Crippen LogP contribution is -2.38. The number of carboxylic acids is 1. The van der Waals surface area contributed by atoms with E-state index in [0.29, 0.717) is 17.7 Å². The average Bonchev–Trinajstić information content (AvgIpc) is 2.90. The minimum absolute atomic E-state index is 0.0984. The van der Waals surface area contributed by atoms with Crippen LogP contribution in [0.1, 0.15) is 70.5 Å². The SMILES string of the molecule is Cc1ccc(C(=O)N(c2ccc(Oc3ncc(CN4CCCCC4)cc3C(F)(F)F)cc2C(=O)O)C(C)C)cc1. The number of likely N-dealkylation sites (tertiary alicyclic amines) is 1. The smallest absolute Gasteiger partial charge is 0.421 e. The molecule has 40 heavy (non-hydrogen) atoms. The van der Waals surface area contributed by atoms with Crippen molar-refractivity contribution in [3.63, 3.8) is 0 Å². The summed E-state index contributed by atoms with van der Waals surface area (Å²) in [4.78, 5) is 33.0. The predicted octanol–water partition coefficient (Wildman–Crippen LogP) is 6.94. The number of alkyl halides is 3. The monoisotopic (exact) mass is 555 g/mol. The van der Waals surface area contributed by atoms with Gasteiger partial charge in [0.1, 0.15) is 11.3 Å². The van der Waals surface area contributed by atoms with E-state index >= 15 is 0 Å². The van der Waals surface area contributed by atoms with Gasteiger partial charge in [-0.25, -0.2) is 9.78 Å². The number of pyridine rings is 1. The van der Waals surface area contributed by atoms with Gasteiger partial charge in [0.15, 0.2) is 0 Å². The van der Waals surface area contributed by atoms with Gasteiger partial charge in [-0.15, -0.1) is 0 Å². The second-order valence-electron chi connectivity index (χ2n) is 10.3. The number of halogens is 3. The molecule has 0 bridgehead atoms. The maximum atomic E-state index is 14.0. The van der Waals surface area contributed by atoms with E-state index in [-0.39, 0.29) is 17.0 Å². The molecule has 0 radical (unpaired) electrons. The Morgan fingerprint density at radius 3 is 2.33 bits per heavy atom. The van der Waals surface area contributed by atoms with Crippen molar-refractivity contribution >= 4 is 17.6 Å². The number of hydrogen-bond acceptors (Lipinski definition) is 5. The zero-order valence-corrected chi connectivity index (χ0v) is 22.7. The van der Waals surface area contributed by atoms with E-state index in [1.165, 1.54) is 23.2 Å². The van der Waals surface area contributed by atoms with Crippen LogP contribution in [0.2, 0.25) is 0 Å². The molecule has 1 saturated heterocycles. The number of carbonyl (C=O) groups is 2. The van der Waals surface area contributed by atoms with Crippen molar-refractivity contribution in [3.8, 4) is 11.6 Å². The molecular weight excluding hydrogens is 523 g/mol. The number of carbonyl (C=O) groups excluding carboxylic acids is 1.